The average molecular weight is 396 g/mol. The molecule has 0 saturated heterocycles. The van der Waals surface area contributed by atoms with Gasteiger partial charge in [0.2, 0.25) is 15.9 Å². The maximum atomic E-state index is 11.8. The SMILES string of the molecule is NS(=O)(=O)c1ccc(NC(=S)NC(=O)/C=C/c2ccccc2Cl)cc1. The maximum absolute atomic E-state index is 11.8. The highest BCUT2D eigenvalue weighted by Crippen LogP contribution is 2.16. The molecular formula is C16H14ClN3O3S2. The van der Waals surface area contributed by atoms with Crippen LogP contribution in [0.3, 0.4) is 0 Å². The van der Waals surface area contributed by atoms with Crippen LogP contribution in [0.5, 0.6) is 0 Å². The summed E-state index contributed by atoms with van der Waals surface area (Å²) in [4.78, 5) is 11.8. The van der Waals surface area contributed by atoms with E-state index >= 15 is 0 Å². The minimum Gasteiger partial charge on any atom is -0.332 e. The van der Waals surface area contributed by atoms with Gasteiger partial charge in [0.25, 0.3) is 0 Å². The van der Waals surface area contributed by atoms with Crippen molar-refractivity contribution in [1.29, 1.82) is 0 Å². The molecule has 2 rings (SSSR count). The molecule has 0 heterocycles. The zero-order valence-electron chi connectivity index (χ0n) is 12.8. The quantitative estimate of drug-likeness (QED) is 0.545. The third-order valence-corrected chi connectivity index (χ3v) is 4.47. The van der Waals surface area contributed by atoms with Crippen LogP contribution in [0, 0.1) is 0 Å². The molecule has 0 spiro atoms. The van der Waals surface area contributed by atoms with E-state index < -0.39 is 15.9 Å². The first-order valence-electron chi connectivity index (χ1n) is 6.93. The summed E-state index contributed by atoms with van der Waals surface area (Å²) >= 11 is 11.0. The Hall–Kier alpha value is -2.26. The molecular weight excluding hydrogens is 382 g/mol. The molecule has 130 valence electrons. The Morgan fingerprint density at radius 2 is 1.76 bits per heavy atom. The molecule has 0 aliphatic carbocycles. The molecule has 0 fully saturated rings. The topological polar surface area (TPSA) is 101 Å². The predicted molar refractivity (Wildman–Crippen MR) is 103 cm³/mol. The number of benzene rings is 2. The fourth-order valence-corrected chi connectivity index (χ4v) is 2.75. The highest BCUT2D eigenvalue weighted by Gasteiger charge is 2.07. The summed E-state index contributed by atoms with van der Waals surface area (Å²) < 4.78 is 22.4. The van der Waals surface area contributed by atoms with Gasteiger partial charge in [0, 0.05) is 16.8 Å². The number of thiocarbonyl (C=S) groups is 1. The van der Waals surface area contributed by atoms with Crippen LogP contribution in [0.25, 0.3) is 6.08 Å². The van der Waals surface area contributed by atoms with E-state index in [9.17, 15) is 13.2 Å². The predicted octanol–water partition coefficient (Wildman–Crippen LogP) is 2.51. The number of rotatable bonds is 4. The van der Waals surface area contributed by atoms with Crippen molar-refractivity contribution in [3.8, 4) is 0 Å². The number of sulfonamides is 1. The van der Waals surface area contributed by atoms with Crippen LogP contribution in [0.2, 0.25) is 5.02 Å². The Labute approximate surface area is 155 Å². The molecule has 2 aromatic carbocycles. The van der Waals surface area contributed by atoms with Crippen LogP contribution < -0.4 is 15.8 Å². The van der Waals surface area contributed by atoms with Crippen LogP contribution in [0.15, 0.2) is 59.5 Å². The molecule has 1 amide bonds. The normalized spacial score (nSPS) is 11.3. The third kappa shape index (κ3) is 5.95. The largest absolute Gasteiger partial charge is 0.332 e. The molecule has 2 aromatic rings. The molecule has 0 aliphatic heterocycles. The van der Waals surface area contributed by atoms with Gasteiger partial charge in [0.05, 0.1) is 4.90 Å². The van der Waals surface area contributed by atoms with E-state index in [0.717, 1.165) is 0 Å². The van der Waals surface area contributed by atoms with Crippen molar-refractivity contribution in [3.63, 3.8) is 0 Å². The van der Waals surface area contributed by atoms with Gasteiger partial charge in [0.15, 0.2) is 5.11 Å². The average Bonchev–Trinajstić information content (AvgIpc) is 2.53. The fraction of sp³-hybridized carbons (Fsp3) is 0. The number of carbonyl (C=O) groups excluding carboxylic acids is 1. The summed E-state index contributed by atoms with van der Waals surface area (Å²) in [6, 6.07) is 12.7. The van der Waals surface area contributed by atoms with Crippen molar-refractivity contribution < 1.29 is 13.2 Å². The first-order valence-corrected chi connectivity index (χ1v) is 9.26. The number of halogens is 1. The maximum Gasteiger partial charge on any atom is 0.250 e. The zero-order chi connectivity index (χ0) is 18.4. The third-order valence-electron chi connectivity index (χ3n) is 3.00. The van der Waals surface area contributed by atoms with E-state index in [1.165, 1.54) is 30.3 Å². The standard InChI is InChI=1S/C16H14ClN3O3S2/c17-14-4-2-1-3-11(14)5-10-15(21)20-16(24)19-12-6-8-13(9-7-12)25(18,22)23/h1-10H,(H2,18,22,23)(H2,19,20,21,24)/b10-5+. The second-order valence-corrected chi connectivity index (χ2v) is 7.24. The summed E-state index contributed by atoms with van der Waals surface area (Å²) in [6.45, 7) is 0. The van der Waals surface area contributed by atoms with E-state index in [1.807, 2.05) is 0 Å². The molecule has 0 bridgehead atoms. The number of hydrogen-bond acceptors (Lipinski definition) is 4. The van der Waals surface area contributed by atoms with Gasteiger partial charge in [-0.25, -0.2) is 13.6 Å². The summed E-state index contributed by atoms with van der Waals surface area (Å²) in [5.41, 5.74) is 1.21. The van der Waals surface area contributed by atoms with Crippen LogP contribution in [0.1, 0.15) is 5.56 Å². The molecule has 0 saturated carbocycles. The Bertz CT molecular complexity index is 926. The summed E-state index contributed by atoms with van der Waals surface area (Å²) in [5, 5.41) is 10.9. The van der Waals surface area contributed by atoms with Gasteiger partial charge >= 0.3 is 0 Å². The lowest BCUT2D eigenvalue weighted by atomic mass is 10.2. The van der Waals surface area contributed by atoms with Gasteiger partial charge in [-0.15, -0.1) is 0 Å². The van der Waals surface area contributed by atoms with Crippen molar-refractivity contribution in [2.45, 2.75) is 4.90 Å². The Morgan fingerprint density at radius 3 is 2.36 bits per heavy atom. The summed E-state index contributed by atoms with van der Waals surface area (Å²) in [6.07, 6.45) is 2.88. The van der Waals surface area contributed by atoms with Gasteiger partial charge in [-0.05, 0) is 54.2 Å². The monoisotopic (exact) mass is 395 g/mol. The lowest BCUT2D eigenvalue weighted by molar-refractivity contribution is -0.115. The Kier molecular flexibility index (Phi) is 6.27. The van der Waals surface area contributed by atoms with Crippen LogP contribution in [0.4, 0.5) is 5.69 Å². The molecule has 0 atom stereocenters. The lowest BCUT2D eigenvalue weighted by Gasteiger charge is -2.08. The summed E-state index contributed by atoms with van der Waals surface area (Å²) in [5.74, 6) is -0.432. The number of hydrogen-bond donors (Lipinski definition) is 3. The van der Waals surface area contributed by atoms with Gasteiger partial charge in [-0.2, -0.15) is 0 Å². The Morgan fingerprint density at radius 1 is 1.12 bits per heavy atom. The van der Waals surface area contributed by atoms with E-state index in [2.05, 4.69) is 10.6 Å². The van der Waals surface area contributed by atoms with Crippen LogP contribution in [-0.2, 0) is 14.8 Å². The fourth-order valence-electron chi connectivity index (χ4n) is 1.82. The summed E-state index contributed by atoms with van der Waals surface area (Å²) in [7, 11) is -3.75. The number of nitrogens with two attached hydrogens (primary N) is 1. The van der Waals surface area contributed by atoms with Crippen molar-refractivity contribution in [3.05, 3.63) is 65.2 Å². The van der Waals surface area contributed by atoms with E-state index in [4.69, 9.17) is 29.0 Å². The van der Waals surface area contributed by atoms with E-state index in [0.29, 0.717) is 16.3 Å². The molecule has 4 N–H and O–H groups in total. The van der Waals surface area contributed by atoms with Crippen molar-refractivity contribution in [2.24, 2.45) is 5.14 Å². The molecule has 9 heteroatoms. The number of primary sulfonamides is 1. The molecule has 25 heavy (non-hydrogen) atoms. The number of anilines is 1. The second-order valence-electron chi connectivity index (χ2n) is 4.87. The zero-order valence-corrected chi connectivity index (χ0v) is 15.2. The molecule has 0 aromatic heterocycles. The van der Waals surface area contributed by atoms with Gasteiger partial charge in [0.1, 0.15) is 0 Å². The van der Waals surface area contributed by atoms with Crippen LogP contribution in [-0.4, -0.2) is 19.4 Å². The second kappa shape index (κ2) is 8.21. The number of amides is 1. The van der Waals surface area contributed by atoms with Crippen molar-refractivity contribution in [2.75, 3.05) is 5.32 Å². The van der Waals surface area contributed by atoms with Gasteiger partial charge in [-0.3, -0.25) is 10.1 Å². The van der Waals surface area contributed by atoms with Crippen molar-refractivity contribution in [1.82, 2.24) is 5.32 Å². The smallest absolute Gasteiger partial charge is 0.250 e. The molecule has 0 aliphatic rings. The van der Waals surface area contributed by atoms with Gasteiger partial charge in [-0.1, -0.05) is 29.8 Å². The minimum atomic E-state index is -3.75. The first-order chi connectivity index (χ1) is 11.8. The lowest BCUT2D eigenvalue weighted by Crippen LogP contribution is -2.32. The van der Waals surface area contributed by atoms with E-state index in [-0.39, 0.29) is 10.0 Å². The van der Waals surface area contributed by atoms with Gasteiger partial charge < -0.3 is 5.32 Å². The van der Waals surface area contributed by atoms with Crippen molar-refractivity contribution >= 4 is 56.6 Å². The number of nitrogens with one attached hydrogen (secondary N) is 2. The highest BCUT2D eigenvalue weighted by molar-refractivity contribution is 7.89. The molecule has 6 nitrogen and oxygen atoms in total. The van der Waals surface area contributed by atoms with Crippen LogP contribution >= 0.6 is 23.8 Å². The molecule has 0 unspecified atom stereocenters. The highest BCUT2D eigenvalue weighted by atomic mass is 35.5. The Balaban J connectivity index is 1.93. The number of carbonyl (C=O) groups is 1. The molecule has 0 radical (unpaired) electrons. The minimum absolute atomic E-state index is 0.0179. The first kappa shape index (κ1) is 19.1. The van der Waals surface area contributed by atoms with E-state index in [1.54, 1.807) is 30.3 Å².